The molecule has 1 aromatic carbocycles. The van der Waals surface area contributed by atoms with Crippen LogP contribution in [0.3, 0.4) is 0 Å². The van der Waals surface area contributed by atoms with Gasteiger partial charge in [0, 0.05) is 23.9 Å². The summed E-state index contributed by atoms with van der Waals surface area (Å²) in [6.45, 7) is 0. The minimum Gasteiger partial charge on any atom is -0.399 e. The number of fused-ring (bicyclic) bond motifs is 4. The van der Waals surface area contributed by atoms with Gasteiger partial charge in [0.1, 0.15) is 6.07 Å². The van der Waals surface area contributed by atoms with Gasteiger partial charge in [0.25, 0.3) is 0 Å². The van der Waals surface area contributed by atoms with Crippen molar-refractivity contribution in [3.05, 3.63) is 58.3 Å². The molecular weight excluding hydrogens is 391 g/mol. The Bertz CT molecular complexity index is 1080. The maximum absolute atomic E-state index is 13.9. The lowest BCUT2D eigenvalue weighted by molar-refractivity contribution is -0.138. The Balaban J connectivity index is 2.09. The van der Waals surface area contributed by atoms with Gasteiger partial charge in [-0.25, -0.2) is 0 Å². The highest BCUT2D eigenvalue weighted by Crippen LogP contribution is 2.59. The molecule has 0 saturated carbocycles. The van der Waals surface area contributed by atoms with Crippen LogP contribution >= 0.6 is 0 Å². The summed E-state index contributed by atoms with van der Waals surface area (Å²) in [6, 6.07) is 10.7. The molecule has 3 aliphatic rings. The second kappa shape index (κ2) is 6.62. The molecule has 152 valence electrons. The Kier molecular flexibility index (Phi) is 4.42. The van der Waals surface area contributed by atoms with Crippen LogP contribution < -0.4 is 5.73 Å². The summed E-state index contributed by atoms with van der Waals surface area (Å²) in [7, 11) is 1.89. The number of allylic oxidation sites excluding steroid dienone is 2. The van der Waals surface area contributed by atoms with E-state index in [4.69, 9.17) is 5.73 Å². The summed E-state index contributed by atoms with van der Waals surface area (Å²) < 4.78 is 41.7. The number of benzene rings is 1. The van der Waals surface area contributed by atoms with E-state index in [2.05, 4.69) is 4.90 Å². The summed E-state index contributed by atoms with van der Waals surface area (Å²) >= 11 is 0. The number of hydrogen-bond donors (Lipinski definition) is 1. The summed E-state index contributed by atoms with van der Waals surface area (Å²) in [6.07, 6.45) is -1.30. The zero-order valence-electron chi connectivity index (χ0n) is 16.1. The van der Waals surface area contributed by atoms with Crippen LogP contribution in [-0.4, -0.2) is 24.0 Å². The maximum atomic E-state index is 13.9. The van der Waals surface area contributed by atoms with Gasteiger partial charge < -0.3 is 5.73 Å². The van der Waals surface area contributed by atoms with Gasteiger partial charge in [-0.15, -0.1) is 0 Å². The van der Waals surface area contributed by atoms with Gasteiger partial charge in [-0.3, -0.25) is 4.90 Å². The van der Waals surface area contributed by atoms with E-state index in [0.717, 1.165) is 12.5 Å². The Labute approximate surface area is 172 Å². The Hall–Kier alpha value is -3.28. The van der Waals surface area contributed by atoms with E-state index >= 15 is 0 Å². The molecule has 1 saturated heterocycles. The highest BCUT2D eigenvalue weighted by atomic mass is 19.4. The highest BCUT2D eigenvalue weighted by molar-refractivity contribution is 5.61. The van der Waals surface area contributed by atoms with Crippen LogP contribution in [0.5, 0.6) is 0 Å². The number of nitriles is 3. The van der Waals surface area contributed by atoms with Crippen LogP contribution in [0.4, 0.5) is 13.2 Å². The third-order valence-corrected chi connectivity index (χ3v) is 6.82. The maximum Gasteiger partial charge on any atom is 0.416 e. The van der Waals surface area contributed by atoms with Crippen molar-refractivity contribution >= 4 is 0 Å². The number of hydrogen-bond acceptors (Lipinski definition) is 5. The van der Waals surface area contributed by atoms with E-state index in [9.17, 15) is 29.0 Å². The molecule has 4 rings (SSSR count). The van der Waals surface area contributed by atoms with Crippen molar-refractivity contribution in [1.29, 1.82) is 15.8 Å². The molecule has 2 bridgehead atoms. The average Bonchev–Trinajstić information content (AvgIpc) is 2.95. The van der Waals surface area contributed by atoms with E-state index in [1.165, 1.54) is 18.2 Å². The molecule has 0 aromatic heterocycles. The summed E-state index contributed by atoms with van der Waals surface area (Å²) in [5, 5.41) is 29.9. The summed E-state index contributed by atoms with van der Waals surface area (Å²) in [4.78, 5) is 2.06. The number of rotatable bonds is 1. The molecule has 8 heteroatoms. The lowest BCUT2D eigenvalue weighted by atomic mass is 9.56. The Morgan fingerprint density at radius 1 is 1.13 bits per heavy atom. The van der Waals surface area contributed by atoms with Crippen molar-refractivity contribution in [2.75, 3.05) is 7.05 Å². The largest absolute Gasteiger partial charge is 0.416 e. The van der Waals surface area contributed by atoms with Crippen LogP contribution in [0.15, 0.2) is 47.2 Å². The molecule has 4 atom stereocenters. The van der Waals surface area contributed by atoms with Crippen LogP contribution in [0, 0.1) is 45.3 Å². The van der Waals surface area contributed by atoms with E-state index < -0.39 is 29.0 Å². The number of alkyl halides is 3. The molecule has 2 N–H and O–H groups in total. The zero-order valence-corrected chi connectivity index (χ0v) is 16.1. The molecule has 2 heterocycles. The Morgan fingerprint density at radius 2 is 1.80 bits per heavy atom. The van der Waals surface area contributed by atoms with Gasteiger partial charge in [0.2, 0.25) is 0 Å². The monoisotopic (exact) mass is 409 g/mol. The van der Waals surface area contributed by atoms with Crippen LogP contribution in [0.25, 0.3) is 0 Å². The van der Waals surface area contributed by atoms with E-state index in [0.29, 0.717) is 12.0 Å². The predicted molar refractivity (Wildman–Crippen MR) is 101 cm³/mol. The SMILES string of the molecule is CN1[C@@H]2CC[C@@H]1C=C1C(C#N)=C(N)C(C#N)(C#N)[C@@H](c3ccccc3C(F)(F)F)[C@@H]12. The number of nitrogens with zero attached hydrogens (tertiary/aromatic N) is 4. The van der Waals surface area contributed by atoms with Crippen molar-refractivity contribution < 1.29 is 13.2 Å². The topological polar surface area (TPSA) is 101 Å². The van der Waals surface area contributed by atoms with Gasteiger partial charge in [-0.05, 0) is 37.1 Å². The normalized spacial score (nSPS) is 30.0. The average molecular weight is 409 g/mol. The molecule has 0 radical (unpaired) electrons. The number of nitrogens with two attached hydrogens (primary N) is 1. The molecular formula is C22H18F3N5. The molecule has 1 aromatic rings. The third kappa shape index (κ3) is 2.49. The first-order valence-corrected chi connectivity index (χ1v) is 9.54. The molecule has 1 fully saturated rings. The van der Waals surface area contributed by atoms with Crippen molar-refractivity contribution in [2.45, 2.75) is 37.0 Å². The van der Waals surface area contributed by atoms with Crippen molar-refractivity contribution in [2.24, 2.45) is 17.1 Å². The van der Waals surface area contributed by atoms with E-state index in [1.54, 1.807) is 0 Å². The first-order valence-electron chi connectivity index (χ1n) is 9.54. The lowest BCUT2D eigenvalue weighted by Crippen LogP contribution is -2.51. The fraction of sp³-hybridized carbons (Fsp3) is 0.409. The first-order chi connectivity index (χ1) is 14.2. The Morgan fingerprint density at radius 3 is 2.40 bits per heavy atom. The second-order valence-corrected chi connectivity index (χ2v) is 8.02. The predicted octanol–water partition coefficient (Wildman–Crippen LogP) is 3.59. The fourth-order valence-corrected chi connectivity index (χ4v) is 5.46. The van der Waals surface area contributed by atoms with Crippen LogP contribution in [-0.2, 0) is 6.18 Å². The van der Waals surface area contributed by atoms with Crippen LogP contribution in [0.2, 0.25) is 0 Å². The third-order valence-electron chi connectivity index (χ3n) is 6.82. The quantitative estimate of drug-likeness (QED) is 0.764. The minimum atomic E-state index is -4.66. The number of likely N-dealkylation sites (N-methyl/N-ethyl adjacent to an activating group) is 1. The smallest absolute Gasteiger partial charge is 0.399 e. The standard InChI is InChI=1S/C22H18F3N5/c1-30-12-6-7-17(30)18-14(8-12)15(9-26)20(29)21(10-27,11-28)19(18)13-4-2-3-5-16(13)22(23,24)25/h2-5,8,12,17-19H,6-7,29H2,1H3/t12-,17-,18+,19+/m1/s1. The molecule has 1 aliphatic carbocycles. The fourth-order valence-electron chi connectivity index (χ4n) is 5.46. The van der Waals surface area contributed by atoms with E-state index in [1.807, 2.05) is 31.3 Å². The number of halogens is 3. The van der Waals surface area contributed by atoms with Gasteiger partial charge in [-0.2, -0.15) is 29.0 Å². The molecule has 30 heavy (non-hydrogen) atoms. The zero-order chi connectivity index (χ0) is 21.8. The summed E-state index contributed by atoms with van der Waals surface area (Å²) in [5.41, 5.74) is 3.45. The van der Waals surface area contributed by atoms with E-state index in [-0.39, 0.29) is 28.9 Å². The highest BCUT2D eigenvalue weighted by Gasteiger charge is 2.59. The molecule has 0 spiro atoms. The first kappa shape index (κ1) is 20.0. The molecule has 0 amide bonds. The summed E-state index contributed by atoms with van der Waals surface area (Å²) in [5.74, 6) is -1.78. The van der Waals surface area contributed by atoms with Crippen LogP contribution in [0.1, 0.15) is 29.9 Å². The molecule has 2 aliphatic heterocycles. The minimum absolute atomic E-state index is 0.0487. The van der Waals surface area contributed by atoms with Crippen molar-refractivity contribution in [3.8, 4) is 18.2 Å². The van der Waals surface area contributed by atoms with Gasteiger partial charge in [-0.1, -0.05) is 24.3 Å². The lowest BCUT2D eigenvalue weighted by Gasteiger charge is -2.48. The van der Waals surface area contributed by atoms with Crippen molar-refractivity contribution in [3.63, 3.8) is 0 Å². The van der Waals surface area contributed by atoms with Gasteiger partial charge in [0.15, 0.2) is 5.41 Å². The molecule has 5 nitrogen and oxygen atoms in total. The molecule has 0 unspecified atom stereocenters. The van der Waals surface area contributed by atoms with Gasteiger partial charge in [0.05, 0.1) is 29.0 Å². The second-order valence-electron chi connectivity index (χ2n) is 8.02. The van der Waals surface area contributed by atoms with Gasteiger partial charge >= 0.3 is 6.18 Å². The van der Waals surface area contributed by atoms with Crippen molar-refractivity contribution in [1.82, 2.24) is 4.90 Å².